The van der Waals surface area contributed by atoms with Gasteiger partial charge in [-0.3, -0.25) is 14.4 Å². The van der Waals surface area contributed by atoms with E-state index in [9.17, 15) is 14.4 Å². The van der Waals surface area contributed by atoms with Crippen molar-refractivity contribution in [3.05, 3.63) is 99.5 Å². The normalized spacial score (nSPS) is 10.8. The summed E-state index contributed by atoms with van der Waals surface area (Å²) in [4.78, 5) is 43.4. The number of fused-ring (bicyclic) bond motifs is 1. The first-order chi connectivity index (χ1) is 15.8. The largest absolute Gasteiger partial charge is 0.324 e. The monoisotopic (exact) mass is 440 g/mol. The molecule has 0 spiro atoms. The summed E-state index contributed by atoms with van der Waals surface area (Å²) in [5.74, 6) is -0.826. The van der Waals surface area contributed by atoms with Gasteiger partial charge in [-0.1, -0.05) is 36.4 Å². The summed E-state index contributed by atoms with van der Waals surface area (Å²) in [6.45, 7) is 5.55. The van der Waals surface area contributed by atoms with E-state index >= 15 is 0 Å². The lowest BCUT2D eigenvalue weighted by Gasteiger charge is -2.15. The van der Waals surface area contributed by atoms with Gasteiger partial charge in [0.2, 0.25) is 11.3 Å². The molecule has 4 aromatic rings. The molecule has 4 rings (SSSR count). The Kier molecular flexibility index (Phi) is 6.04. The third kappa shape index (κ3) is 4.67. The molecule has 0 atom stereocenters. The SMILES string of the molecule is Cc1ccc2c(=O)c(C(=O)Nc3ccccc3)cn(CC(=O)Nc3c(C)cccc3C)c2n1. The summed E-state index contributed by atoms with van der Waals surface area (Å²) < 4.78 is 1.55. The summed E-state index contributed by atoms with van der Waals surface area (Å²) in [7, 11) is 0. The molecular weight excluding hydrogens is 416 g/mol. The number of amides is 2. The molecule has 166 valence electrons. The van der Waals surface area contributed by atoms with Gasteiger partial charge in [-0.25, -0.2) is 4.98 Å². The van der Waals surface area contributed by atoms with Crippen molar-refractivity contribution < 1.29 is 9.59 Å². The van der Waals surface area contributed by atoms with Crippen LogP contribution >= 0.6 is 0 Å². The van der Waals surface area contributed by atoms with Gasteiger partial charge in [-0.15, -0.1) is 0 Å². The van der Waals surface area contributed by atoms with Gasteiger partial charge in [0.25, 0.3) is 5.91 Å². The van der Waals surface area contributed by atoms with E-state index in [4.69, 9.17) is 0 Å². The molecule has 2 N–H and O–H groups in total. The van der Waals surface area contributed by atoms with E-state index in [1.165, 1.54) is 6.20 Å². The number of rotatable bonds is 5. The van der Waals surface area contributed by atoms with E-state index in [2.05, 4.69) is 15.6 Å². The molecule has 2 amide bonds. The first-order valence-electron chi connectivity index (χ1n) is 10.6. The summed E-state index contributed by atoms with van der Waals surface area (Å²) in [5, 5.41) is 5.96. The fourth-order valence-electron chi connectivity index (χ4n) is 3.71. The topological polar surface area (TPSA) is 93.1 Å². The van der Waals surface area contributed by atoms with Gasteiger partial charge < -0.3 is 15.2 Å². The standard InChI is InChI=1S/C26H24N4O3/c1-16-8-7-9-17(2)23(16)29-22(31)15-30-14-21(26(33)28-19-10-5-4-6-11-19)24(32)20-13-12-18(3)27-25(20)30/h4-14H,15H2,1-3H3,(H,28,33)(H,29,31). The van der Waals surface area contributed by atoms with Crippen LogP contribution in [0.25, 0.3) is 11.0 Å². The molecule has 0 radical (unpaired) electrons. The van der Waals surface area contributed by atoms with E-state index in [0.29, 0.717) is 17.0 Å². The third-order valence-corrected chi connectivity index (χ3v) is 5.40. The number of hydrogen-bond acceptors (Lipinski definition) is 4. The van der Waals surface area contributed by atoms with Gasteiger partial charge in [0.1, 0.15) is 17.8 Å². The zero-order chi connectivity index (χ0) is 23.5. The Morgan fingerprint density at radius 2 is 1.58 bits per heavy atom. The lowest BCUT2D eigenvalue weighted by atomic mass is 10.1. The Labute approximate surface area is 191 Å². The van der Waals surface area contributed by atoms with Gasteiger partial charge in [-0.2, -0.15) is 0 Å². The summed E-state index contributed by atoms with van der Waals surface area (Å²) >= 11 is 0. The molecule has 33 heavy (non-hydrogen) atoms. The van der Waals surface area contributed by atoms with Crippen molar-refractivity contribution in [2.45, 2.75) is 27.3 Å². The van der Waals surface area contributed by atoms with Crippen LogP contribution in [-0.4, -0.2) is 21.4 Å². The van der Waals surface area contributed by atoms with Crippen LogP contribution in [0.3, 0.4) is 0 Å². The Morgan fingerprint density at radius 1 is 0.879 bits per heavy atom. The van der Waals surface area contributed by atoms with Crippen LogP contribution in [0.5, 0.6) is 0 Å². The molecule has 0 bridgehead atoms. The number of aromatic nitrogens is 2. The third-order valence-electron chi connectivity index (χ3n) is 5.40. The first kappa shape index (κ1) is 22.0. The van der Waals surface area contributed by atoms with Gasteiger partial charge in [0.05, 0.1) is 5.39 Å². The maximum absolute atomic E-state index is 13.1. The molecule has 0 unspecified atom stereocenters. The molecule has 2 aromatic carbocycles. The first-order valence-corrected chi connectivity index (χ1v) is 10.6. The summed E-state index contributed by atoms with van der Waals surface area (Å²) in [5.41, 5.74) is 3.78. The van der Waals surface area contributed by atoms with Gasteiger partial charge in [0.15, 0.2) is 0 Å². The Morgan fingerprint density at radius 3 is 2.27 bits per heavy atom. The minimum Gasteiger partial charge on any atom is -0.324 e. The molecule has 2 aromatic heterocycles. The van der Waals surface area contributed by atoms with E-state index < -0.39 is 11.3 Å². The van der Waals surface area contributed by atoms with Crippen molar-refractivity contribution in [3.8, 4) is 0 Å². The van der Waals surface area contributed by atoms with Gasteiger partial charge in [-0.05, 0) is 56.2 Å². The maximum Gasteiger partial charge on any atom is 0.261 e. The van der Waals surface area contributed by atoms with Crippen LogP contribution in [0.4, 0.5) is 11.4 Å². The lowest BCUT2D eigenvalue weighted by molar-refractivity contribution is -0.116. The quantitative estimate of drug-likeness (QED) is 0.486. The number of nitrogens with one attached hydrogen (secondary N) is 2. The second-order valence-electron chi connectivity index (χ2n) is 7.96. The zero-order valence-electron chi connectivity index (χ0n) is 18.7. The van der Waals surface area contributed by atoms with Crippen molar-refractivity contribution >= 4 is 34.2 Å². The van der Waals surface area contributed by atoms with E-state index in [1.54, 1.807) is 47.9 Å². The molecule has 0 aliphatic carbocycles. The number of carbonyl (C=O) groups is 2. The molecule has 0 saturated heterocycles. The van der Waals surface area contributed by atoms with Crippen molar-refractivity contribution in [3.63, 3.8) is 0 Å². The van der Waals surface area contributed by atoms with Gasteiger partial charge >= 0.3 is 0 Å². The number of benzene rings is 2. The second kappa shape index (κ2) is 9.08. The van der Waals surface area contributed by atoms with E-state index in [1.807, 2.05) is 38.1 Å². The lowest BCUT2D eigenvalue weighted by Crippen LogP contribution is -2.27. The highest BCUT2D eigenvalue weighted by Crippen LogP contribution is 2.20. The molecule has 7 nitrogen and oxygen atoms in total. The molecule has 0 aliphatic rings. The average molecular weight is 441 g/mol. The minimum absolute atomic E-state index is 0.0584. The highest BCUT2D eigenvalue weighted by atomic mass is 16.2. The van der Waals surface area contributed by atoms with Crippen LogP contribution in [0.2, 0.25) is 0 Å². The number of carbonyl (C=O) groups excluding carboxylic acids is 2. The Balaban J connectivity index is 1.72. The molecule has 0 fully saturated rings. The smallest absolute Gasteiger partial charge is 0.261 e. The summed E-state index contributed by atoms with van der Waals surface area (Å²) in [6.07, 6.45) is 1.40. The zero-order valence-corrected chi connectivity index (χ0v) is 18.7. The number of nitrogens with zero attached hydrogens (tertiary/aromatic N) is 2. The van der Waals surface area contributed by atoms with E-state index in [-0.39, 0.29) is 23.4 Å². The average Bonchev–Trinajstić information content (AvgIpc) is 2.79. The second-order valence-corrected chi connectivity index (χ2v) is 7.96. The van der Waals surface area contributed by atoms with Crippen LogP contribution in [0.1, 0.15) is 27.2 Å². The predicted octanol–water partition coefficient (Wildman–Crippen LogP) is 4.21. The fraction of sp³-hybridized carbons (Fsp3) is 0.154. The van der Waals surface area contributed by atoms with Crippen LogP contribution in [0, 0.1) is 20.8 Å². The van der Waals surface area contributed by atoms with Crippen molar-refractivity contribution in [1.82, 2.24) is 9.55 Å². The molecule has 0 saturated carbocycles. The predicted molar refractivity (Wildman–Crippen MR) is 130 cm³/mol. The Hall–Kier alpha value is -4.26. The Bertz CT molecular complexity index is 1400. The van der Waals surface area contributed by atoms with Gasteiger partial charge in [0, 0.05) is 23.3 Å². The van der Waals surface area contributed by atoms with Crippen LogP contribution in [0.15, 0.2) is 71.7 Å². The molecular formula is C26H24N4O3. The van der Waals surface area contributed by atoms with Crippen molar-refractivity contribution in [2.24, 2.45) is 0 Å². The number of anilines is 2. The molecule has 2 heterocycles. The fourth-order valence-corrected chi connectivity index (χ4v) is 3.71. The van der Waals surface area contributed by atoms with E-state index in [0.717, 1.165) is 16.8 Å². The number of pyridine rings is 2. The molecule has 7 heteroatoms. The number of hydrogen-bond donors (Lipinski definition) is 2. The van der Waals surface area contributed by atoms with Crippen molar-refractivity contribution in [2.75, 3.05) is 10.6 Å². The highest BCUT2D eigenvalue weighted by molar-refractivity contribution is 6.05. The summed E-state index contributed by atoms with van der Waals surface area (Å²) in [6, 6.07) is 18.0. The van der Waals surface area contributed by atoms with Crippen LogP contribution in [-0.2, 0) is 11.3 Å². The minimum atomic E-state index is -0.544. The highest BCUT2D eigenvalue weighted by Gasteiger charge is 2.18. The molecule has 0 aliphatic heterocycles. The number of para-hydroxylation sites is 2. The maximum atomic E-state index is 13.1. The number of aryl methyl sites for hydroxylation is 3. The van der Waals surface area contributed by atoms with Crippen molar-refractivity contribution in [1.29, 1.82) is 0 Å². The van der Waals surface area contributed by atoms with Crippen LogP contribution < -0.4 is 16.1 Å².